The maximum Gasteiger partial charge on any atom is 0.490 e. The molecular formula is C27H29Cl2F3N2O4. The third kappa shape index (κ3) is 6.21. The number of hydrogen-bond donors (Lipinski definition) is 0. The lowest BCUT2D eigenvalue weighted by Crippen LogP contribution is -2.58. The summed E-state index contributed by atoms with van der Waals surface area (Å²) < 4.78 is 50.3. The molecule has 0 aromatic heterocycles. The van der Waals surface area contributed by atoms with Gasteiger partial charge in [0.2, 0.25) is 0 Å². The van der Waals surface area contributed by atoms with Gasteiger partial charge in [-0.3, -0.25) is 9.69 Å². The van der Waals surface area contributed by atoms with Crippen molar-refractivity contribution in [1.82, 2.24) is 9.80 Å². The van der Waals surface area contributed by atoms with Gasteiger partial charge < -0.3 is 14.4 Å². The quantitative estimate of drug-likeness (QED) is 0.398. The molecular weight excluding hydrogens is 544 g/mol. The number of likely N-dealkylation sites (tertiary alicyclic amines) is 2. The summed E-state index contributed by atoms with van der Waals surface area (Å²) in [5.74, 6) is -1.91. The lowest BCUT2D eigenvalue weighted by molar-refractivity contribution is -0.216. The van der Waals surface area contributed by atoms with Gasteiger partial charge in [0.15, 0.2) is 0 Å². The summed E-state index contributed by atoms with van der Waals surface area (Å²) in [6, 6.07) is 12.4. The third-order valence-corrected chi connectivity index (χ3v) is 8.24. The summed E-state index contributed by atoms with van der Waals surface area (Å²) in [5, 5.41) is 0.272. The molecule has 1 amide bonds. The zero-order valence-corrected chi connectivity index (χ0v) is 22.4. The van der Waals surface area contributed by atoms with Gasteiger partial charge in [0, 0.05) is 24.1 Å². The minimum Gasteiger partial charge on any atom is -0.494 e. The molecule has 0 radical (unpaired) electrons. The van der Waals surface area contributed by atoms with Gasteiger partial charge in [-0.15, -0.1) is 0 Å². The minimum atomic E-state index is -5.13. The lowest BCUT2D eigenvalue weighted by atomic mass is 9.69. The van der Waals surface area contributed by atoms with Crippen molar-refractivity contribution in [2.45, 2.75) is 45.0 Å². The van der Waals surface area contributed by atoms with Gasteiger partial charge in [0.05, 0.1) is 28.8 Å². The van der Waals surface area contributed by atoms with Crippen molar-refractivity contribution in [3.63, 3.8) is 0 Å². The molecule has 2 aliphatic heterocycles. The van der Waals surface area contributed by atoms with Crippen molar-refractivity contribution in [3.8, 4) is 5.75 Å². The first-order valence-electron chi connectivity index (χ1n) is 12.5. The van der Waals surface area contributed by atoms with Gasteiger partial charge in [0.25, 0.3) is 5.91 Å². The summed E-state index contributed by atoms with van der Waals surface area (Å²) >= 11 is 12.3. The van der Waals surface area contributed by atoms with E-state index < -0.39 is 29.6 Å². The van der Waals surface area contributed by atoms with E-state index >= 15 is 0 Å². The van der Waals surface area contributed by atoms with Crippen molar-refractivity contribution in [1.29, 1.82) is 0 Å². The Kier molecular flexibility index (Phi) is 8.79. The van der Waals surface area contributed by atoms with Crippen LogP contribution in [0.2, 0.25) is 10.0 Å². The fraction of sp³-hybridized carbons (Fsp3) is 0.481. The summed E-state index contributed by atoms with van der Waals surface area (Å²) in [5.41, 5.74) is 0.508. The number of benzene rings is 2. The number of amides is 1. The molecule has 2 aromatic rings. The summed E-state index contributed by atoms with van der Waals surface area (Å²) in [6.45, 7) is 4.45. The Labute approximate surface area is 229 Å². The minimum absolute atomic E-state index is 0.0731. The van der Waals surface area contributed by atoms with Gasteiger partial charge in [-0.2, -0.15) is 13.2 Å². The number of para-hydroxylation sites is 1. The normalized spacial score (nSPS) is 19.8. The van der Waals surface area contributed by atoms with Gasteiger partial charge in [0.1, 0.15) is 11.9 Å². The highest BCUT2D eigenvalue weighted by Crippen LogP contribution is 2.44. The summed E-state index contributed by atoms with van der Waals surface area (Å²) in [6.07, 6.45) is -4.78. The number of ether oxygens (including phenoxy) is 2. The molecule has 2 fully saturated rings. The lowest BCUT2D eigenvalue weighted by Gasteiger charge is -2.51. The van der Waals surface area contributed by atoms with Crippen LogP contribution in [-0.2, 0) is 16.1 Å². The van der Waals surface area contributed by atoms with E-state index in [-0.39, 0.29) is 22.2 Å². The number of carbonyl (C=O) groups is 2. The number of esters is 1. The average molecular weight is 573 g/mol. The Morgan fingerprint density at radius 3 is 2.39 bits per heavy atom. The van der Waals surface area contributed by atoms with E-state index in [9.17, 15) is 22.8 Å². The maximum absolute atomic E-state index is 13.2. The first-order chi connectivity index (χ1) is 18.0. The molecule has 1 spiro atoms. The monoisotopic (exact) mass is 572 g/mol. The van der Waals surface area contributed by atoms with E-state index in [0.29, 0.717) is 52.0 Å². The molecule has 6 nitrogen and oxygen atoms in total. The Morgan fingerprint density at radius 1 is 1.03 bits per heavy atom. The predicted octanol–water partition coefficient (Wildman–Crippen LogP) is 5.99. The first kappa shape index (κ1) is 28.5. The number of carbonyl (C=O) groups excluding carboxylic acids is 2. The molecule has 206 valence electrons. The van der Waals surface area contributed by atoms with E-state index in [1.165, 1.54) is 11.0 Å². The van der Waals surface area contributed by atoms with Crippen LogP contribution in [0.3, 0.4) is 0 Å². The van der Waals surface area contributed by atoms with E-state index in [0.717, 1.165) is 11.3 Å². The Hall–Kier alpha value is -2.49. The molecule has 38 heavy (non-hydrogen) atoms. The number of alkyl halides is 3. The van der Waals surface area contributed by atoms with E-state index in [1.807, 2.05) is 31.2 Å². The fourth-order valence-electron chi connectivity index (χ4n) is 5.29. The zero-order chi connectivity index (χ0) is 27.5. The number of halogens is 5. The highest BCUT2D eigenvalue weighted by Gasteiger charge is 2.51. The van der Waals surface area contributed by atoms with Crippen molar-refractivity contribution in [3.05, 3.63) is 63.6 Å². The molecule has 0 aliphatic carbocycles. The van der Waals surface area contributed by atoms with Crippen LogP contribution in [0.4, 0.5) is 13.2 Å². The van der Waals surface area contributed by atoms with Gasteiger partial charge in [-0.05, 0) is 57.5 Å². The van der Waals surface area contributed by atoms with E-state index in [4.69, 9.17) is 32.7 Å². The van der Waals surface area contributed by atoms with E-state index in [2.05, 4.69) is 4.90 Å². The first-order valence-corrected chi connectivity index (χ1v) is 13.2. The number of hydrogen-bond acceptors (Lipinski definition) is 5. The van der Waals surface area contributed by atoms with Crippen molar-refractivity contribution in [2.75, 3.05) is 32.8 Å². The van der Waals surface area contributed by atoms with Gasteiger partial charge >= 0.3 is 12.1 Å². The largest absolute Gasteiger partial charge is 0.494 e. The van der Waals surface area contributed by atoms with Crippen LogP contribution < -0.4 is 4.74 Å². The van der Waals surface area contributed by atoms with Crippen LogP contribution in [-0.4, -0.2) is 66.7 Å². The second kappa shape index (κ2) is 11.7. The standard InChI is InChI=1S/C27H29Cl2F3N2O4/c1-2-37-21-9-4-3-6-18(21)16-33-13-10-26(11-14-33)12-15-34(17-22(26)38-25(36)27(30,31)32)24(35)19-7-5-8-20(28)23(19)29/h3-9,22H,2,10-17H2,1H3. The number of nitrogens with zero attached hydrogens (tertiary/aromatic N) is 2. The summed E-state index contributed by atoms with van der Waals surface area (Å²) in [4.78, 5) is 28.7. The molecule has 0 bridgehead atoms. The predicted molar refractivity (Wildman–Crippen MR) is 137 cm³/mol. The smallest absolute Gasteiger partial charge is 0.490 e. The van der Waals surface area contributed by atoms with Crippen LogP contribution in [0.15, 0.2) is 42.5 Å². The molecule has 11 heteroatoms. The van der Waals surface area contributed by atoms with Crippen LogP contribution >= 0.6 is 23.2 Å². The van der Waals surface area contributed by atoms with Crippen molar-refractivity contribution < 1.29 is 32.2 Å². The number of rotatable bonds is 6. The van der Waals surface area contributed by atoms with Crippen LogP contribution in [0.25, 0.3) is 0 Å². The topological polar surface area (TPSA) is 59.1 Å². The molecule has 0 saturated carbocycles. The zero-order valence-electron chi connectivity index (χ0n) is 20.9. The highest BCUT2D eigenvalue weighted by atomic mass is 35.5. The Bertz CT molecular complexity index is 1170. The highest BCUT2D eigenvalue weighted by molar-refractivity contribution is 6.43. The van der Waals surface area contributed by atoms with E-state index in [1.54, 1.807) is 12.1 Å². The van der Waals surface area contributed by atoms with Crippen molar-refractivity contribution in [2.24, 2.45) is 5.41 Å². The molecule has 2 aromatic carbocycles. The molecule has 4 rings (SSSR count). The maximum atomic E-state index is 13.2. The van der Waals surface area contributed by atoms with Gasteiger partial charge in [-0.1, -0.05) is 47.5 Å². The fourth-order valence-corrected chi connectivity index (χ4v) is 5.67. The second-order valence-corrected chi connectivity index (χ2v) is 10.5. The molecule has 0 N–H and O–H groups in total. The average Bonchev–Trinajstić information content (AvgIpc) is 2.88. The van der Waals surface area contributed by atoms with Crippen LogP contribution in [0, 0.1) is 5.41 Å². The summed E-state index contributed by atoms with van der Waals surface area (Å²) in [7, 11) is 0. The van der Waals surface area contributed by atoms with Crippen molar-refractivity contribution >= 4 is 35.1 Å². The number of piperidine rings is 2. The SMILES string of the molecule is CCOc1ccccc1CN1CCC2(CC1)CCN(C(=O)c1cccc(Cl)c1Cl)CC2OC(=O)C(F)(F)F. The third-order valence-electron chi connectivity index (χ3n) is 7.42. The molecule has 2 aliphatic rings. The molecule has 1 atom stereocenters. The molecule has 1 unspecified atom stereocenters. The Morgan fingerprint density at radius 2 is 1.71 bits per heavy atom. The molecule has 2 heterocycles. The van der Waals surface area contributed by atoms with Gasteiger partial charge in [-0.25, -0.2) is 4.79 Å². The van der Waals surface area contributed by atoms with Crippen LogP contribution in [0.1, 0.15) is 42.1 Å². The van der Waals surface area contributed by atoms with Crippen LogP contribution in [0.5, 0.6) is 5.75 Å². The molecule has 2 saturated heterocycles. The Balaban J connectivity index is 1.50. The second-order valence-electron chi connectivity index (χ2n) is 9.67.